The van der Waals surface area contributed by atoms with Crippen LogP contribution in [0.2, 0.25) is 0 Å². The molecule has 0 saturated heterocycles. The standard InChI is InChI=1S/C49H59N5O6S/c1-6-8-10-12-14-15-16-17-18-19-20-21-22-23-24-28-34-54-46(51-40-30-26-27-31-44(40)61(54,58)59)45(53-37-42(48(56)57)50-38-53)47(55)52-41-36-39(49(3,4)5)32-33-43(41)60-35-29-25-13-11-9-7-2/h2,26-27,30-33,36-38,45H,6,8,10,12,14-24,28,34H2,1,3-5H3,(H,52,55)(H,56,57). The number of benzene rings is 2. The molecule has 0 fully saturated rings. The van der Waals surface area contributed by atoms with Gasteiger partial charge in [-0.2, -0.15) is 0 Å². The van der Waals surface area contributed by atoms with Crippen LogP contribution in [0.5, 0.6) is 5.75 Å². The number of carbonyl (C=O) groups excluding carboxylic acids is 1. The molecule has 11 nitrogen and oxygen atoms in total. The molecule has 1 amide bonds. The van der Waals surface area contributed by atoms with Crippen molar-refractivity contribution >= 4 is 39.1 Å². The number of unbranched alkanes of at least 4 members (excludes halogenated alkanes) is 15. The van der Waals surface area contributed by atoms with Crippen LogP contribution >= 0.6 is 0 Å². The van der Waals surface area contributed by atoms with Gasteiger partial charge in [0, 0.05) is 30.5 Å². The Morgan fingerprint density at radius 1 is 0.836 bits per heavy atom. The number of fused-ring (bicyclic) bond motifs is 1. The lowest BCUT2D eigenvalue weighted by atomic mass is 9.87. The van der Waals surface area contributed by atoms with E-state index < -0.39 is 27.9 Å². The predicted molar refractivity (Wildman–Crippen MR) is 242 cm³/mol. The second-order valence-corrected chi connectivity index (χ2v) is 18.0. The zero-order valence-corrected chi connectivity index (χ0v) is 36.9. The fraction of sp³-hybridized carbons (Fsp3) is 0.469. The van der Waals surface area contributed by atoms with Crippen molar-refractivity contribution in [1.82, 2.24) is 13.9 Å². The number of nitrogens with zero attached hydrogens (tertiary/aromatic N) is 4. The lowest BCUT2D eigenvalue weighted by molar-refractivity contribution is -0.117. The van der Waals surface area contributed by atoms with E-state index >= 15 is 0 Å². The number of carbonyl (C=O) groups is 2. The number of carboxylic acids is 1. The van der Waals surface area contributed by atoms with Gasteiger partial charge in [0.1, 0.15) is 11.0 Å². The molecule has 2 aromatic carbocycles. The number of ether oxygens (including phenoxy) is 1. The zero-order valence-electron chi connectivity index (χ0n) is 36.1. The predicted octanol–water partition coefficient (Wildman–Crippen LogP) is 10.0. The second-order valence-electron chi connectivity index (χ2n) is 16.2. The zero-order chi connectivity index (χ0) is 44.1. The highest BCUT2D eigenvalue weighted by Gasteiger charge is 2.41. The minimum atomic E-state index is -4.18. The van der Waals surface area contributed by atoms with E-state index in [1.165, 1.54) is 98.1 Å². The van der Waals surface area contributed by atoms with Crippen LogP contribution < -0.4 is 10.1 Å². The Morgan fingerprint density at radius 3 is 2.02 bits per heavy atom. The molecular formula is C49H59N5O6S. The van der Waals surface area contributed by atoms with Gasteiger partial charge in [0.25, 0.3) is 15.9 Å². The summed E-state index contributed by atoms with van der Waals surface area (Å²) in [5.41, 5.74) is 0.596. The number of hydrogen-bond acceptors (Lipinski definition) is 7. The van der Waals surface area contributed by atoms with Gasteiger partial charge in [-0.1, -0.05) is 142 Å². The molecule has 12 heteroatoms. The molecule has 0 radical (unpaired) electrons. The number of sulfonamides is 1. The highest BCUT2D eigenvalue weighted by Crippen LogP contribution is 2.37. The van der Waals surface area contributed by atoms with Crippen molar-refractivity contribution in [2.24, 2.45) is 4.99 Å². The molecule has 322 valence electrons. The van der Waals surface area contributed by atoms with E-state index in [0.29, 0.717) is 6.42 Å². The molecule has 61 heavy (non-hydrogen) atoms. The second kappa shape index (κ2) is 24.3. The maximum absolute atomic E-state index is 14.7. The van der Waals surface area contributed by atoms with E-state index in [9.17, 15) is 23.1 Å². The number of terminal acetylenes is 1. The highest BCUT2D eigenvalue weighted by atomic mass is 32.2. The number of aromatic carboxylic acids is 1. The van der Waals surface area contributed by atoms with Crippen LogP contribution in [0.1, 0.15) is 153 Å². The van der Waals surface area contributed by atoms with Gasteiger partial charge in [-0.15, -0.1) is 6.42 Å². The molecule has 0 saturated carbocycles. The van der Waals surface area contributed by atoms with E-state index in [0.717, 1.165) is 31.2 Å². The molecule has 2 N–H and O–H groups in total. The number of aliphatic imine (C=N–C) groups is 1. The minimum absolute atomic E-state index is 0.0202. The third-order valence-corrected chi connectivity index (χ3v) is 12.2. The number of hydrogen-bond donors (Lipinski definition) is 2. The summed E-state index contributed by atoms with van der Waals surface area (Å²) in [6, 6.07) is 10.2. The Hall–Kier alpha value is -5.95. The summed E-state index contributed by atoms with van der Waals surface area (Å²) in [5.74, 6) is 12.6. The van der Waals surface area contributed by atoms with Crippen LogP contribution in [0.25, 0.3) is 0 Å². The summed E-state index contributed by atoms with van der Waals surface area (Å²) in [7, 11) is -4.18. The summed E-state index contributed by atoms with van der Waals surface area (Å²) >= 11 is 0. The first-order valence-electron chi connectivity index (χ1n) is 21.4. The molecule has 4 rings (SSSR count). The Bertz CT molecular complexity index is 2330. The number of rotatable bonds is 23. The van der Waals surface area contributed by atoms with E-state index in [-0.39, 0.29) is 45.5 Å². The van der Waals surface area contributed by atoms with Gasteiger partial charge in [-0.3, -0.25) is 9.10 Å². The molecule has 1 aromatic heterocycles. The number of carboxylic acid groups (broad SMARTS) is 1. The van der Waals surface area contributed by atoms with Gasteiger partial charge < -0.3 is 19.7 Å². The molecule has 1 aliphatic rings. The largest absolute Gasteiger partial charge is 0.476 e. The van der Waals surface area contributed by atoms with E-state index in [1.54, 1.807) is 30.3 Å². The number of anilines is 1. The van der Waals surface area contributed by atoms with Gasteiger partial charge in [0.2, 0.25) is 0 Å². The van der Waals surface area contributed by atoms with Gasteiger partial charge in [-0.25, -0.2) is 23.2 Å². The number of nitrogens with one attached hydrogen (secondary N) is 1. The summed E-state index contributed by atoms with van der Waals surface area (Å²) in [5, 5.41) is 12.7. The molecule has 2 heterocycles. The minimum Gasteiger partial charge on any atom is -0.476 e. The van der Waals surface area contributed by atoms with Crippen molar-refractivity contribution in [2.45, 2.75) is 147 Å². The van der Waals surface area contributed by atoms with Crippen molar-refractivity contribution in [3.05, 3.63) is 66.2 Å². The lowest BCUT2D eigenvalue weighted by Crippen LogP contribution is -2.47. The highest BCUT2D eigenvalue weighted by molar-refractivity contribution is 7.90. The van der Waals surface area contributed by atoms with E-state index in [1.807, 2.05) is 26.8 Å². The van der Waals surface area contributed by atoms with Crippen LogP contribution in [0.15, 0.2) is 64.9 Å². The normalized spacial score (nSPS) is 13.1. The van der Waals surface area contributed by atoms with Crippen molar-refractivity contribution in [3.8, 4) is 53.8 Å². The molecule has 0 bridgehead atoms. The molecule has 1 aliphatic heterocycles. The van der Waals surface area contributed by atoms with E-state index in [4.69, 9.17) is 16.2 Å². The van der Waals surface area contributed by atoms with Gasteiger partial charge in [-0.05, 0) is 59.4 Å². The van der Waals surface area contributed by atoms with Crippen LogP contribution in [0.4, 0.5) is 11.4 Å². The summed E-state index contributed by atoms with van der Waals surface area (Å²) in [6.45, 7) is 8.35. The Labute approximate surface area is 363 Å². The van der Waals surface area contributed by atoms with Gasteiger partial charge in [0.15, 0.2) is 23.3 Å². The van der Waals surface area contributed by atoms with Crippen LogP contribution in [0.3, 0.4) is 0 Å². The fourth-order valence-electron chi connectivity index (χ4n) is 7.02. The molecule has 1 atom stereocenters. The average Bonchev–Trinajstić information content (AvgIpc) is 3.71. The SMILES string of the molecule is C#CC#CC#CC#COc1ccc(C(C)(C)C)cc1NC(=O)C(C1=Nc2ccccc2S(=O)(=O)N1CCCCCCCCCCCCCCCCCC)n1cnc(C(=O)O)c1. The van der Waals surface area contributed by atoms with Crippen LogP contribution in [0, 0.1) is 48.1 Å². The monoisotopic (exact) mass is 845 g/mol. The van der Waals surface area contributed by atoms with Crippen molar-refractivity contribution in [3.63, 3.8) is 0 Å². The van der Waals surface area contributed by atoms with Crippen molar-refractivity contribution in [1.29, 1.82) is 0 Å². The topological polar surface area (TPSA) is 143 Å². The van der Waals surface area contributed by atoms with Crippen molar-refractivity contribution in [2.75, 3.05) is 11.9 Å². The Balaban J connectivity index is 1.55. The van der Waals surface area contributed by atoms with Crippen LogP contribution in [-0.2, 0) is 20.2 Å². The van der Waals surface area contributed by atoms with Gasteiger partial charge >= 0.3 is 5.97 Å². The van der Waals surface area contributed by atoms with E-state index in [2.05, 4.69) is 58.9 Å². The molecule has 1 unspecified atom stereocenters. The Kier molecular flexibility index (Phi) is 19.0. The number of imidazole rings is 1. The third kappa shape index (κ3) is 14.6. The lowest BCUT2D eigenvalue weighted by Gasteiger charge is -2.33. The number of amidine groups is 1. The van der Waals surface area contributed by atoms with Crippen molar-refractivity contribution < 1.29 is 27.9 Å². The summed E-state index contributed by atoms with van der Waals surface area (Å²) in [6.07, 6.45) is 28.8. The molecule has 0 aliphatic carbocycles. The smallest absolute Gasteiger partial charge is 0.356 e. The first-order chi connectivity index (χ1) is 29.4. The number of amides is 1. The third-order valence-electron chi connectivity index (χ3n) is 10.4. The quantitative estimate of drug-likeness (QED) is 0.0715. The molecule has 0 spiro atoms. The maximum Gasteiger partial charge on any atom is 0.356 e. The average molecular weight is 846 g/mol. The maximum atomic E-state index is 14.7. The number of para-hydroxylation sites is 1. The summed E-state index contributed by atoms with van der Waals surface area (Å²) in [4.78, 5) is 35.5. The number of aromatic nitrogens is 2. The fourth-order valence-corrected chi connectivity index (χ4v) is 8.64. The molecule has 3 aromatic rings. The van der Waals surface area contributed by atoms with Gasteiger partial charge in [0.05, 0.1) is 17.7 Å². The molecular weight excluding hydrogens is 787 g/mol. The summed E-state index contributed by atoms with van der Waals surface area (Å²) < 4.78 is 37.0. The first kappa shape index (κ1) is 47.7. The first-order valence-corrected chi connectivity index (χ1v) is 22.9. The Morgan fingerprint density at radius 2 is 1.43 bits per heavy atom. The van der Waals surface area contributed by atoms with Crippen LogP contribution in [-0.4, -0.2) is 51.6 Å².